The van der Waals surface area contributed by atoms with Crippen LogP contribution in [0.25, 0.3) is 0 Å². The lowest BCUT2D eigenvalue weighted by Gasteiger charge is -2.10. The molecule has 0 saturated carbocycles. The molecule has 0 spiro atoms. The van der Waals surface area contributed by atoms with Crippen molar-refractivity contribution in [2.24, 2.45) is 13.0 Å². The van der Waals surface area contributed by atoms with Gasteiger partial charge >= 0.3 is 0 Å². The number of nitrogens with one attached hydrogen (secondary N) is 1. The zero-order valence-corrected chi connectivity index (χ0v) is 12.5. The monoisotopic (exact) mass is 255 g/mol. The van der Waals surface area contributed by atoms with Gasteiger partial charge in [-0.1, -0.05) is 27.2 Å². The van der Waals surface area contributed by atoms with E-state index in [0.29, 0.717) is 0 Å². The Bertz CT molecular complexity index is 347. The summed E-state index contributed by atoms with van der Waals surface area (Å²) in [6, 6.07) is 0. The molecule has 0 aliphatic heterocycles. The molecule has 98 valence electrons. The third-order valence-electron chi connectivity index (χ3n) is 3.04. The normalized spacial score (nSPS) is 13.0. The van der Waals surface area contributed by atoms with Gasteiger partial charge in [-0.25, -0.2) is 0 Å². The quantitative estimate of drug-likeness (QED) is 0.760. The summed E-state index contributed by atoms with van der Waals surface area (Å²) >= 11 is 1.94. The van der Waals surface area contributed by atoms with E-state index in [1.54, 1.807) is 0 Å². The topological polar surface area (TPSA) is 29.9 Å². The van der Waals surface area contributed by atoms with Crippen LogP contribution < -0.4 is 5.32 Å². The number of rotatable bonds is 7. The zero-order valence-electron chi connectivity index (χ0n) is 11.7. The lowest BCUT2D eigenvalue weighted by molar-refractivity contribution is 0.631. The molecule has 0 radical (unpaired) electrons. The van der Waals surface area contributed by atoms with Crippen LogP contribution in [0.3, 0.4) is 0 Å². The van der Waals surface area contributed by atoms with Crippen molar-refractivity contribution in [3.63, 3.8) is 0 Å². The molecule has 17 heavy (non-hydrogen) atoms. The van der Waals surface area contributed by atoms with Crippen molar-refractivity contribution in [3.8, 4) is 0 Å². The maximum Gasteiger partial charge on any atom is 0.0984 e. The van der Waals surface area contributed by atoms with E-state index < -0.39 is 0 Å². The van der Waals surface area contributed by atoms with Gasteiger partial charge in [-0.05, 0) is 19.4 Å². The first kappa shape index (κ1) is 14.6. The van der Waals surface area contributed by atoms with Crippen LogP contribution in [0.5, 0.6) is 0 Å². The summed E-state index contributed by atoms with van der Waals surface area (Å²) in [5.74, 6) is 1.94. The number of hydrogen-bond acceptors (Lipinski definition) is 3. The van der Waals surface area contributed by atoms with Crippen LogP contribution in [0, 0.1) is 12.8 Å². The molecule has 0 amide bonds. The summed E-state index contributed by atoms with van der Waals surface area (Å²) in [5.41, 5.74) is 2.52. The Balaban J connectivity index is 2.74. The largest absolute Gasteiger partial charge is 0.313 e. The molecule has 0 aliphatic rings. The first-order chi connectivity index (χ1) is 8.10. The number of aromatic nitrogens is 2. The van der Waals surface area contributed by atoms with E-state index in [1.807, 2.05) is 23.5 Å². The Kier molecular flexibility index (Phi) is 6.06. The van der Waals surface area contributed by atoms with E-state index in [-0.39, 0.29) is 0 Å². The molecule has 1 rings (SSSR count). The predicted octanol–water partition coefficient (Wildman–Crippen LogP) is 2.98. The second kappa shape index (κ2) is 7.07. The minimum atomic E-state index is 0.766. The van der Waals surface area contributed by atoms with E-state index in [0.717, 1.165) is 24.7 Å². The van der Waals surface area contributed by atoms with Gasteiger partial charge in [0.1, 0.15) is 0 Å². The van der Waals surface area contributed by atoms with Crippen molar-refractivity contribution in [2.45, 2.75) is 45.7 Å². The third-order valence-corrected chi connectivity index (χ3v) is 4.56. The number of aryl methyl sites for hydroxylation is 2. The van der Waals surface area contributed by atoms with Crippen molar-refractivity contribution in [2.75, 3.05) is 12.3 Å². The van der Waals surface area contributed by atoms with Gasteiger partial charge in [0.05, 0.1) is 10.7 Å². The van der Waals surface area contributed by atoms with Crippen LogP contribution in [0.2, 0.25) is 0 Å². The minimum absolute atomic E-state index is 0.766. The lowest BCUT2D eigenvalue weighted by Crippen LogP contribution is -2.13. The van der Waals surface area contributed by atoms with E-state index in [1.165, 1.54) is 22.8 Å². The van der Waals surface area contributed by atoms with Crippen LogP contribution >= 0.6 is 11.8 Å². The third kappa shape index (κ3) is 4.03. The van der Waals surface area contributed by atoms with Gasteiger partial charge in [0.2, 0.25) is 0 Å². The molecular weight excluding hydrogens is 230 g/mol. The highest BCUT2D eigenvalue weighted by Gasteiger charge is 2.13. The Labute approximate surface area is 109 Å². The molecule has 1 aromatic rings. The summed E-state index contributed by atoms with van der Waals surface area (Å²) < 4.78 is 2.02. The average Bonchev–Trinajstić information content (AvgIpc) is 2.58. The fourth-order valence-electron chi connectivity index (χ4n) is 1.65. The van der Waals surface area contributed by atoms with Crippen LogP contribution in [0.15, 0.2) is 5.03 Å². The van der Waals surface area contributed by atoms with Gasteiger partial charge < -0.3 is 5.32 Å². The molecule has 4 heteroatoms. The molecule has 1 atom stereocenters. The van der Waals surface area contributed by atoms with Gasteiger partial charge in [-0.15, -0.1) is 11.8 Å². The van der Waals surface area contributed by atoms with Gasteiger partial charge in [0, 0.05) is 24.9 Å². The Morgan fingerprint density at radius 3 is 2.71 bits per heavy atom. The Morgan fingerprint density at radius 2 is 2.12 bits per heavy atom. The second-order valence-corrected chi connectivity index (χ2v) is 5.61. The van der Waals surface area contributed by atoms with Gasteiger partial charge in [-0.2, -0.15) is 5.10 Å². The predicted molar refractivity (Wildman–Crippen MR) is 75.5 cm³/mol. The molecular formula is C13H25N3S. The number of thioether (sulfide) groups is 1. The molecule has 0 saturated heterocycles. The van der Waals surface area contributed by atoms with Crippen molar-refractivity contribution in [3.05, 3.63) is 11.3 Å². The van der Waals surface area contributed by atoms with Crippen molar-refractivity contribution >= 4 is 11.8 Å². The Hall–Kier alpha value is -0.480. The van der Waals surface area contributed by atoms with Gasteiger partial charge in [0.15, 0.2) is 0 Å². The van der Waals surface area contributed by atoms with E-state index in [4.69, 9.17) is 0 Å². The first-order valence-corrected chi connectivity index (χ1v) is 7.44. The lowest BCUT2D eigenvalue weighted by atomic mass is 10.2. The molecule has 1 heterocycles. The zero-order chi connectivity index (χ0) is 12.8. The van der Waals surface area contributed by atoms with Crippen LogP contribution in [0.1, 0.15) is 38.4 Å². The van der Waals surface area contributed by atoms with Crippen LogP contribution in [0.4, 0.5) is 0 Å². The smallest absolute Gasteiger partial charge is 0.0984 e. The summed E-state index contributed by atoms with van der Waals surface area (Å²) in [4.78, 5) is 0. The maximum absolute atomic E-state index is 4.52. The first-order valence-electron chi connectivity index (χ1n) is 6.46. The van der Waals surface area contributed by atoms with Crippen molar-refractivity contribution in [1.29, 1.82) is 0 Å². The van der Waals surface area contributed by atoms with Crippen molar-refractivity contribution in [1.82, 2.24) is 15.1 Å². The standard InChI is InChI=1S/C13H25N3S/c1-6-10(3)9-17-13-12(8-14-7-2)11(4)15-16(13)5/h10,14H,6-9H2,1-5H3. The molecule has 0 bridgehead atoms. The SMILES string of the molecule is CCNCc1c(C)nn(C)c1SCC(C)CC. The highest BCUT2D eigenvalue weighted by atomic mass is 32.2. The molecule has 3 nitrogen and oxygen atoms in total. The van der Waals surface area contributed by atoms with E-state index >= 15 is 0 Å². The molecule has 0 fully saturated rings. The highest BCUT2D eigenvalue weighted by molar-refractivity contribution is 7.99. The highest BCUT2D eigenvalue weighted by Crippen LogP contribution is 2.27. The van der Waals surface area contributed by atoms with E-state index in [9.17, 15) is 0 Å². The van der Waals surface area contributed by atoms with Crippen LogP contribution in [-0.2, 0) is 13.6 Å². The molecule has 1 N–H and O–H groups in total. The Morgan fingerprint density at radius 1 is 1.41 bits per heavy atom. The van der Waals surface area contributed by atoms with Gasteiger partial charge in [-0.3, -0.25) is 4.68 Å². The second-order valence-electron chi connectivity index (χ2n) is 4.60. The fourth-order valence-corrected chi connectivity index (χ4v) is 2.95. The molecule has 1 unspecified atom stereocenters. The van der Waals surface area contributed by atoms with Gasteiger partial charge in [0.25, 0.3) is 0 Å². The fraction of sp³-hybridized carbons (Fsp3) is 0.769. The summed E-state index contributed by atoms with van der Waals surface area (Å²) in [5, 5.41) is 9.24. The molecule has 0 aliphatic carbocycles. The summed E-state index contributed by atoms with van der Waals surface area (Å²) in [7, 11) is 2.04. The molecule has 1 aromatic heterocycles. The number of hydrogen-bond donors (Lipinski definition) is 1. The maximum atomic E-state index is 4.52. The van der Waals surface area contributed by atoms with E-state index in [2.05, 4.69) is 38.1 Å². The molecule has 0 aromatic carbocycles. The summed E-state index contributed by atoms with van der Waals surface area (Å²) in [6.45, 7) is 10.7. The van der Waals surface area contributed by atoms with Crippen LogP contribution in [-0.4, -0.2) is 22.1 Å². The summed E-state index contributed by atoms with van der Waals surface area (Å²) in [6.07, 6.45) is 1.24. The number of nitrogens with zero attached hydrogens (tertiary/aromatic N) is 2. The van der Waals surface area contributed by atoms with Crippen molar-refractivity contribution < 1.29 is 0 Å². The average molecular weight is 255 g/mol. The minimum Gasteiger partial charge on any atom is -0.313 e.